The summed E-state index contributed by atoms with van der Waals surface area (Å²) in [5, 5.41) is 3.72. The van der Waals surface area contributed by atoms with Gasteiger partial charge in [-0.25, -0.2) is 0 Å². The number of aryl methyl sites for hydroxylation is 1. The summed E-state index contributed by atoms with van der Waals surface area (Å²) in [5.74, 6) is 0. The molecule has 1 N–H and O–H groups in total. The van der Waals surface area contributed by atoms with E-state index in [-0.39, 0.29) is 0 Å². The van der Waals surface area contributed by atoms with Crippen molar-refractivity contribution in [3.8, 4) is 0 Å². The third-order valence-corrected chi connectivity index (χ3v) is 3.49. The van der Waals surface area contributed by atoms with Gasteiger partial charge in [0, 0.05) is 18.7 Å². The summed E-state index contributed by atoms with van der Waals surface area (Å²) in [4.78, 5) is 0. The van der Waals surface area contributed by atoms with E-state index in [4.69, 9.17) is 4.74 Å². The predicted octanol–water partition coefficient (Wildman–Crippen LogP) is 3.21. The van der Waals surface area contributed by atoms with Gasteiger partial charge in [-0.15, -0.1) is 0 Å². The van der Waals surface area contributed by atoms with E-state index in [0.29, 0.717) is 12.1 Å². The van der Waals surface area contributed by atoms with Crippen molar-refractivity contribution in [3.63, 3.8) is 0 Å². The maximum atomic E-state index is 5.52. The Morgan fingerprint density at radius 1 is 1.35 bits per heavy atom. The summed E-state index contributed by atoms with van der Waals surface area (Å²) < 4.78 is 5.52. The molecule has 1 aliphatic heterocycles. The molecule has 1 fully saturated rings. The van der Waals surface area contributed by atoms with Crippen LogP contribution in [0, 0.1) is 6.92 Å². The highest BCUT2D eigenvalue weighted by atomic mass is 16.5. The van der Waals surface area contributed by atoms with Crippen LogP contribution in [0.3, 0.4) is 0 Å². The average molecular weight is 233 g/mol. The van der Waals surface area contributed by atoms with E-state index in [1.807, 2.05) is 0 Å². The standard InChI is InChI=1S/C15H23NO/c1-3-15(13-8-6-12(2)7-9-13)16-14-5-4-10-17-11-14/h6-9,14-16H,3-5,10-11H2,1-2H3. The van der Waals surface area contributed by atoms with Crippen molar-refractivity contribution in [2.75, 3.05) is 13.2 Å². The van der Waals surface area contributed by atoms with E-state index >= 15 is 0 Å². The zero-order valence-electron chi connectivity index (χ0n) is 10.9. The Morgan fingerprint density at radius 2 is 2.12 bits per heavy atom. The summed E-state index contributed by atoms with van der Waals surface area (Å²) >= 11 is 0. The summed E-state index contributed by atoms with van der Waals surface area (Å²) in [6.07, 6.45) is 3.55. The third kappa shape index (κ3) is 3.55. The second kappa shape index (κ2) is 6.18. The van der Waals surface area contributed by atoms with Crippen molar-refractivity contribution in [1.82, 2.24) is 5.32 Å². The van der Waals surface area contributed by atoms with Gasteiger partial charge in [0.25, 0.3) is 0 Å². The molecule has 1 saturated heterocycles. The highest BCUT2D eigenvalue weighted by Gasteiger charge is 2.18. The average Bonchev–Trinajstić information content (AvgIpc) is 2.38. The lowest BCUT2D eigenvalue weighted by atomic mass is 10.0. The fraction of sp³-hybridized carbons (Fsp3) is 0.600. The predicted molar refractivity (Wildman–Crippen MR) is 71.2 cm³/mol. The molecule has 0 spiro atoms. The Kier molecular flexibility index (Phi) is 4.57. The Morgan fingerprint density at radius 3 is 2.71 bits per heavy atom. The van der Waals surface area contributed by atoms with Crippen LogP contribution in [0.1, 0.15) is 43.4 Å². The molecule has 0 amide bonds. The number of rotatable bonds is 4. The molecule has 2 rings (SSSR count). The Labute approximate surface area is 104 Å². The topological polar surface area (TPSA) is 21.3 Å². The van der Waals surface area contributed by atoms with Gasteiger partial charge >= 0.3 is 0 Å². The fourth-order valence-electron chi connectivity index (χ4n) is 2.41. The number of hydrogen-bond acceptors (Lipinski definition) is 2. The van der Waals surface area contributed by atoms with Crippen LogP contribution in [0.5, 0.6) is 0 Å². The van der Waals surface area contributed by atoms with E-state index in [1.165, 1.54) is 24.0 Å². The molecular formula is C15H23NO. The summed E-state index contributed by atoms with van der Waals surface area (Å²) in [6.45, 7) is 6.16. The Hall–Kier alpha value is -0.860. The monoisotopic (exact) mass is 233 g/mol. The second-order valence-electron chi connectivity index (χ2n) is 4.95. The maximum Gasteiger partial charge on any atom is 0.0619 e. The number of ether oxygens (including phenoxy) is 1. The van der Waals surface area contributed by atoms with Crippen molar-refractivity contribution in [2.24, 2.45) is 0 Å². The van der Waals surface area contributed by atoms with E-state index in [9.17, 15) is 0 Å². The molecule has 1 aromatic carbocycles. The maximum absolute atomic E-state index is 5.52. The van der Waals surface area contributed by atoms with Gasteiger partial charge in [-0.05, 0) is 31.7 Å². The molecule has 17 heavy (non-hydrogen) atoms. The van der Waals surface area contributed by atoms with Gasteiger partial charge in [0.1, 0.15) is 0 Å². The fourth-order valence-corrected chi connectivity index (χ4v) is 2.41. The van der Waals surface area contributed by atoms with Crippen molar-refractivity contribution in [1.29, 1.82) is 0 Å². The molecule has 0 radical (unpaired) electrons. The van der Waals surface area contributed by atoms with E-state index in [1.54, 1.807) is 0 Å². The molecule has 94 valence electrons. The van der Waals surface area contributed by atoms with Crippen LogP contribution in [0.4, 0.5) is 0 Å². The lowest BCUT2D eigenvalue weighted by Gasteiger charge is -2.28. The van der Waals surface area contributed by atoms with E-state index in [0.717, 1.165) is 19.6 Å². The molecular weight excluding hydrogens is 210 g/mol. The van der Waals surface area contributed by atoms with Crippen molar-refractivity contribution in [2.45, 2.75) is 45.2 Å². The van der Waals surface area contributed by atoms with Crippen LogP contribution in [-0.2, 0) is 4.74 Å². The molecule has 0 bridgehead atoms. The zero-order chi connectivity index (χ0) is 12.1. The number of benzene rings is 1. The molecule has 0 aromatic heterocycles. The largest absolute Gasteiger partial charge is 0.380 e. The van der Waals surface area contributed by atoms with Crippen molar-refractivity contribution >= 4 is 0 Å². The normalized spacial score (nSPS) is 22.4. The minimum atomic E-state index is 0.460. The molecule has 2 unspecified atom stereocenters. The first-order chi connectivity index (χ1) is 8.29. The summed E-state index contributed by atoms with van der Waals surface area (Å²) in [6, 6.07) is 9.84. The Bertz CT molecular complexity index is 327. The second-order valence-corrected chi connectivity index (χ2v) is 4.95. The van der Waals surface area contributed by atoms with Crippen LogP contribution in [0.15, 0.2) is 24.3 Å². The molecule has 2 heteroatoms. The first kappa shape index (κ1) is 12.6. The quantitative estimate of drug-likeness (QED) is 0.862. The SMILES string of the molecule is CCC(NC1CCCOC1)c1ccc(C)cc1. The minimum Gasteiger partial charge on any atom is -0.380 e. The van der Waals surface area contributed by atoms with Crippen LogP contribution < -0.4 is 5.32 Å². The van der Waals surface area contributed by atoms with Gasteiger partial charge in [0.15, 0.2) is 0 Å². The molecule has 1 aromatic rings. The van der Waals surface area contributed by atoms with Crippen molar-refractivity contribution < 1.29 is 4.74 Å². The molecule has 2 atom stereocenters. The molecule has 1 aliphatic rings. The van der Waals surface area contributed by atoms with Crippen LogP contribution >= 0.6 is 0 Å². The summed E-state index contributed by atoms with van der Waals surface area (Å²) in [5.41, 5.74) is 2.72. The number of nitrogens with one attached hydrogen (secondary N) is 1. The van der Waals surface area contributed by atoms with Crippen LogP contribution in [-0.4, -0.2) is 19.3 Å². The van der Waals surface area contributed by atoms with Gasteiger partial charge in [-0.2, -0.15) is 0 Å². The molecule has 0 aliphatic carbocycles. The summed E-state index contributed by atoms with van der Waals surface area (Å²) in [7, 11) is 0. The lowest BCUT2D eigenvalue weighted by molar-refractivity contribution is 0.0661. The van der Waals surface area contributed by atoms with Crippen molar-refractivity contribution in [3.05, 3.63) is 35.4 Å². The first-order valence-electron chi connectivity index (χ1n) is 6.70. The van der Waals surface area contributed by atoms with Gasteiger partial charge in [-0.1, -0.05) is 36.8 Å². The smallest absolute Gasteiger partial charge is 0.0619 e. The van der Waals surface area contributed by atoms with Crippen LogP contribution in [0.25, 0.3) is 0 Å². The van der Waals surface area contributed by atoms with E-state index < -0.39 is 0 Å². The zero-order valence-corrected chi connectivity index (χ0v) is 10.9. The van der Waals surface area contributed by atoms with Crippen LogP contribution in [0.2, 0.25) is 0 Å². The van der Waals surface area contributed by atoms with Gasteiger partial charge < -0.3 is 10.1 Å². The van der Waals surface area contributed by atoms with Gasteiger partial charge in [0.05, 0.1) is 6.61 Å². The molecule has 1 heterocycles. The highest BCUT2D eigenvalue weighted by Crippen LogP contribution is 2.19. The molecule has 0 saturated carbocycles. The number of hydrogen-bond donors (Lipinski definition) is 1. The first-order valence-corrected chi connectivity index (χ1v) is 6.70. The van der Waals surface area contributed by atoms with Gasteiger partial charge in [0.2, 0.25) is 0 Å². The molecule has 2 nitrogen and oxygen atoms in total. The highest BCUT2D eigenvalue weighted by molar-refractivity contribution is 5.24. The lowest BCUT2D eigenvalue weighted by Crippen LogP contribution is -2.39. The Balaban J connectivity index is 1.97. The third-order valence-electron chi connectivity index (χ3n) is 3.49. The minimum absolute atomic E-state index is 0.460. The van der Waals surface area contributed by atoms with E-state index in [2.05, 4.69) is 43.4 Å². The van der Waals surface area contributed by atoms with Gasteiger partial charge in [-0.3, -0.25) is 0 Å².